The fraction of sp³-hybridized carbons (Fsp3) is 0.200. The molecule has 0 fully saturated rings. The molecule has 31 heavy (non-hydrogen) atoms. The highest BCUT2D eigenvalue weighted by Crippen LogP contribution is 2.47. The van der Waals surface area contributed by atoms with Gasteiger partial charge in [-0.25, -0.2) is 0 Å². The van der Waals surface area contributed by atoms with Gasteiger partial charge in [0.05, 0.1) is 0 Å². The van der Waals surface area contributed by atoms with E-state index in [1.54, 1.807) is 0 Å². The Kier molecular flexibility index (Phi) is 5.81. The minimum absolute atomic E-state index is 0.159. The van der Waals surface area contributed by atoms with Crippen LogP contribution in [0.4, 0.5) is 0 Å². The van der Waals surface area contributed by atoms with Crippen LogP contribution in [0.5, 0.6) is 0 Å². The molecule has 0 heterocycles. The molecule has 0 aromatic heterocycles. The van der Waals surface area contributed by atoms with Crippen LogP contribution < -0.4 is 0 Å². The van der Waals surface area contributed by atoms with E-state index in [1.165, 1.54) is 33.4 Å². The quantitative estimate of drug-likeness (QED) is 0.307. The van der Waals surface area contributed by atoms with Crippen molar-refractivity contribution in [2.24, 2.45) is 0 Å². The molecule has 4 rings (SSSR count). The van der Waals surface area contributed by atoms with Gasteiger partial charge in [-0.15, -0.1) is 12.6 Å². The van der Waals surface area contributed by atoms with Crippen LogP contribution in [0.15, 0.2) is 108 Å². The van der Waals surface area contributed by atoms with Gasteiger partial charge in [-0.3, -0.25) is 0 Å². The zero-order valence-corrected chi connectivity index (χ0v) is 19.7. The Bertz CT molecular complexity index is 1160. The molecule has 0 N–H and O–H groups in total. The molecule has 0 saturated carbocycles. The molecule has 4 aromatic rings. The smallest absolute Gasteiger partial charge is 0.0156 e. The molecule has 0 aliphatic rings. The van der Waals surface area contributed by atoms with E-state index in [9.17, 15) is 0 Å². The third-order valence-electron chi connectivity index (χ3n) is 6.54. The van der Waals surface area contributed by atoms with Gasteiger partial charge in [-0.05, 0) is 39.4 Å². The van der Waals surface area contributed by atoms with Crippen molar-refractivity contribution in [3.8, 4) is 11.1 Å². The van der Waals surface area contributed by atoms with Crippen LogP contribution in [-0.4, -0.2) is 0 Å². The van der Waals surface area contributed by atoms with E-state index < -0.39 is 0 Å². The van der Waals surface area contributed by atoms with Crippen molar-refractivity contribution < 1.29 is 0 Å². The molecule has 4 aromatic carbocycles. The van der Waals surface area contributed by atoms with Gasteiger partial charge in [-0.2, -0.15) is 0 Å². The van der Waals surface area contributed by atoms with Crippen molar-refractivity contribution >= 4 is 12.6 Å². The third kappa shape index (κ3) is 3.95. The molecule has 0 nitrogen and oxygen atoms in total. The molecule has 156 valence electrons. The van der Waals surface area contributed by atoms with E-state index in [4.69, 9.17) is 12.6 Å². The first-order valence-corrected chi connectivity index (χ1v) is 11.3. The van der Waals surface area contributed by atoms with Crippen molar-refractivity contribution in [2.45, 2.75) is 43.4 Å². The second kappa shape index (κ2) is 8.40. The molecule has 0 aliphatic carbocycles. The Labute approximate surface area is 192 Å². The highest BCUT2D eigenvalue weighted by Gasteiger charge is 2.35. The SMILES string of the molecule is CC(C)(c1ccccc1)c1ccc(S)c(-c2ccccc2)c1C(C)(C)c1ccccc1. The van der Waals surface area contributed by atoms with Crippen molar-refractivity contribution in [1.82, 2.24) is 0 Å². The lowest BCUT2D eigenvalue weighted by atomic mass is 9.66. The summed E-state index contributed by atoms with van der Waals surface area (Å²) in [5.41, 5.74) is 7.36. The minimum Gasteiger partial charge on any atom is -0.143 e. The number of hydrogen-bond acceptors (Lipinski definition) is 1. The first-order valence-electron chi connectivity index (χ1n) is 10.9. The Morgan fingerprint density at radius 2 is 0.968 bits per heavy atom. The van der Waals surface area contributed by atoms with Crippen LogP contribution in [0, 0.1) is 0 Å². The first-order chi connectivity index (χ1) is 14.8. The van der Waals surface area contributed by atoms with Crippen molar-refractivity contribution in [3.05, 3.63) is 125 Å². The summed E-state index contributed by atoms with van der Waals surface area (Å²) in [6, 6.07) is 36.7. The fourth-order valence-electron chi connectivity index (χ4n) is 4.67. The van der Waals surface area contributed by atoms with Crippen LogP contribution in [-0.2, 0) is 10.8 Å². The minimum atomic E-state index is -0.202. The maximum Gasteiger partial charge on any atom is 0.0156 e. The molecule has 0 bridgehead atoms. The summed E-state index contributed by atoms with van der Waals surface area (Å²) in [6.45, 7) is 9.33. The van der Waals surface area contributed by atoms with Gasteiger partial charge in [0.1, 0.15) is 0 Å². The molecule has 0 atom stereocenters. The summed E-state index contributed by atoms with van der Waals surface area (Å²) in [5.74, 6) is 0. The normalized spacial score (nSPS) is 12.0. The Morgan fingerprint density at radius 3 is 1.48 bits per heavy atom. The summed E-state index contributed by atoms with van der Waals surface area (Å²) < 4.78 is 0. The average molecular weight is 423 g/mol. The van der Waals surface area contributed by atoms with Gasteiger partial charge >= 0.3 is 0 Å². The number of thiol groups is 1. The zero-order valence-electron chi connectivity index (χ0n) is 18.8. The molecule has 0 amide bonds. The van der Waals surface area contributed by atoms with E-state index in [-0.39, 0.29) is 10.8 Å². The molecule has 0 radical (unpaired) electrons. The van der Waals surface area contributed by atoms with Gasteiger partial charge in [0.2, 0.25) is 0 Å². The molecule has 0 spiro atoms. The zero-order chi connectivity index (χ0) is 22.1. The summed E-state index contributed by atoms with van der Waals surface area (Å²) in [6.07, 6.45) is 0. The van der Waals surface area contributed by atoms with Crippen molar-refractivity contribution in [3.63, 3.8) is 0 Å². The lowest BCUT2D eigenvalue weighted by Gasteiger charge is -2.38. The number of rotatable bonds is 5. The van der Waals surface area contributed by atoms with E-state index in [0.29, 0.717) is 0 Å². The maximum absolute atomic E-state index is 4.95. The Morgan fingerprint density at radius 1 is 0.516 bits per heavy atom. The van der Waals surface area contributed by atoms with Gasteiger partial charge in [0.25, 0.3) is 0 Å². The second-order valence-corrected chi connectivity index (χ2v) is 9.71. The Balaban J connectivity index is 2.08. The lowest BCUT2D eigenvalue weighted by molar-refractivity contribution is 0.578. The Hall–Kier alpha value is -2.77. The van der Waals surface area contributed by atoms with Gasteiger partial charge in [-0.1, -0.05) is 125 Å². The van der Waals surface area contributed by atoms with E-state index in [1.807, 2.05) is 0 Å². The molecular formula is C30H30S. The lowest BCUT2D eigenvalue weighted by Crippen LogP contribution is -2.29. The fourth-order valence-corrected chi connectivity index (χ4v) is 4.98. The van der Waals surface area contributed by atoms with Crippen molar-refractivity contribution in [1.29, 1.82) is 0 Å². The summed E-state index contributed by atoms with van der Waals surface area (Å²) in [5, 5.41) is 0. The molecule has 0 aliphatic heterocycles. The number of hydrogen-bond donors (Lipinski definition) is 1. The highest BCUT2D eigenvalue weighted by atomic mass is 32.1. The molecule has 0 saturated heterocycles. The van der Waals surface area contributed by atoms with Gasteiger partial charge in [0, 0.05) is 15.7 Å². The van der Waals surface area contributed by atoms with Gasteiger partial charge < -0.3 is 0 Å². The van der Waals surface area contributed by atoms with Crippen LogP contribution in [0.2, 0.25) is 0 Å². The van der Waals surface area contributed by atoms with Crippen LogP contribution in [0.3, 0.4) is 0 Å². The molecule has 1 heteroatoms. The summed E-state index contributed by atoms with van der Waals surface area (Å²) in [4.78, 5) is 1.01. The average Bonchev–Trinajstić information content (AvgIpc) is 2.80. The molecule has 0 unspecified atom stereocenters. The summed E-state index contributed by atoms with van der Waals surface area (Å²) >= 11 is 4.95. The second-order valence-electron chi connectivity index (χ2n) is 9.23. The van der Waals surface area contributed by atoms with E-state index in [2.05, 4.69) is 131 Å². The van der Waals surface area contributed by atoms with Crippen molar-refractivity contribution in [2.75, 3.05) is 0 Å². The first kappa shape index (κ1) is 21.5. The van der Waals surface area contributed by atoms with Crippen LogP contribution in [0.1, 0.15) is 49.9 Å². The predicted molar refractivity (Wildman–Crippen MR) is 136 cm³/mol. The number of benzene rings is 4. The maximum atomic E-state index is 4.95. The summed E-state index contributed by atoms with van der Waals surface area (Å²) in [7, 11) is 0. The highest BCUT2D eigenvalue weighted by molar-refractivity contribution is 7.80. The van der Waals surface area contributed by atoms with E-state index >= 15 is 0 Å². The van der Waals surface area contributed by atoms with Gasteiger partial charge in [0.15, 0.2) is 0 Å². The largest absolute Gasteiger partial charge is 0.143 e. The van der Waals surface area contributed by atoms with E-state index in [0.717, 1.165) is 4.90 Å². The van der Waals surface area contributed by atoms with Crippen LogP contribution in [0.25, 0.3) is 11.1 Å². The standard InChI is InChI=1S/C30H30S/c1-29(2,23-16-10-6-11-17-23)25-20-21-26(31)27(22-14-8-5-9-15-22)28(25)30(3,4)24-18-12-7-13-19-24/h5-21,31H,1-4H3. The molecular weight excluding hydrogens is 392 g/mol. The third-order valence-corrected chi connectivity index (χ3v) is 6.91. The topological polar surface area (TPSA) is 0 Å². The van der Waals surface area contributed by atoms with Crippen LogP contribution >= 0.6 is 12.6 Å². The predicted octanol–water partition coefficient (Wildman–Crippen LogP) is 8.29. The monoisotopic (exact) mass is 422 g/mol.